The molecule has 0 aliphatic heterocycles. The molecule has 0 unspecified atom stereocenters. The van der Waals surface area contributed by atoms with Gasteiger partial charge in [-0.15, -0.1) is 0 Å². The van der Waals surface area contributed by atoms with Crippen LogP contribution in [-0.4, -0.2) is 31.1 Å². The van der Waals surface area contributed by atoms with Crippen molar-refractivity contribution in [1.82, 2.24) is 0 Å². The number of nitro groups is 1. The Morgan fingerprint density at radius 2 is 1.80 bits per heavy atom. The Hall–Kier alpha value is -1.92. The van der Waals surface area contributed by atoms with Gasteiger partial charge < -0.3 is 9.47 Å². The number of hydrogen-bond acceptors (Lipinski definition) is 6. The van der Waals surface area contributed by atoms with Crippen LogP contribution < -0.4 is 0 Å². The first-order valence-electron chi connectivity index (χ1n) is 3.98. The Bertz CT molecular complexity index is 296. The summed E-state index contributed by atoms with van der Waals surface area (Å²) in [7, 11) is 2.29. The average Bonchev–Trinajstić information content (AvgIpc) is 2.22. The Morgan fingerprint density at radius 3 is 2.20 bits per heavy atom. The van der Waals surface area contributed by atoms with E-state index in [2.05, 4.69) is 9.47 Å². The highest BCUT2D eigenvalue weighted by Gasteiger charge is 2.17. The highest BCUT2D eigenvalue weighted by Crippen LogP contribution is 2.05. The molecule has 0 bridgehead atoms. The van der Waals surface area contributed by atoms with Crippen molar-refractivity contribution in [3.63, 3.8) is 0 Å². The Kier molecular flexibility index (Phi) is 5.69. The smallest absolute Gasteiger partial charge is 0.316 e. The van der Waals surface area contributed by atoms with Crippen LogP contribution >= 0.6 is 0 Å². The fourth-order valence-corrected chi connectivity index (χ4v) is 0.716. The largest absolute Gasteiger partial charge is 0.469 e. The van der Waals surface area contributed by atoms with Crippen molar-refractivity contribution in [3.8, 4) is 0 Å². The van der Waals surface area contributed by atoms with Crippen LogP contribution in [0.25, 0.3) is 0 Å². The average molecular weight is 217 g/mol. The number of ether oxygens (including phenoxy) is 2. The van der Waals surface area contributed by atoms with Crippen LogP contribution in [0.4, 0.5) is 0 Å². The molecule has 0 aromatic carbocycles. The number of rotatable bonds is 5. The van der Waals surface area contributed by atoms with Crippen LogP contribution in [-0.2, 0) is 19.1 Å². The Labute approximate surface area is 85.8 Å². The fourth-order valence-electron chi connectivity index (χ4n) is 0.716. The van der Waals surface area contributed by atoms with E-state index in [4.69, 9.17) is 0 Å². The van der Waals surface area contributed by atoms with Gasteiger partial charge in [0.2, 0.25) is 0 Å². The molecule has 0 radical (unpaired) electrons. The van der Waals surface area contributed by atoms with E-state index >= 15 is 0 Å². The van der Waals surface area contributed by atoms with E-state index in [9.17, 15) is 19.7 Å². The first kappa shape index (κ1) is 13.1. The fraction of sp³-hybridized carbons (Fsp3) is 0.500. The van der Waals surface area contributed by atoms with E-state index in [0.717, 1.165) is 13.2 Å². The molecule has 7 nitrogen and oxygen atoms in total. The van der Waals surface area contributed by atoms with Crippen LogP contribution in [0.5, 0.6) is 0 Å². The van der Waals surface area contributed by atoms with Crippen molar-refractivity contribution in [3.05, 3.63) is 21.9 Å². The lowest BCUT2D eigenvalue weighted by Crippen LogP contribution is -2.09. The lowest BCUT2D eigenvalue weighted by Gasteiger charge is -1.97. The maximum atomic E-state index is 10.8. The molecular weight excluding hydrogens is 206 g/mol. The first-order chi connectivity index (χ1) is 7.01. The number of carbonyl (C=O) groups is 2. The molecule has 84 valence electrons. The number of methoxy groups -OCH3 is 2. The second kappa shape index (κ2) is 6.52. The maximum absolute atomic E-state index is 10.8. The van der Waals surface area contributed by atoms with Crippen molar-refractivity contribution >= 4 is 11.9 Å². The molecule has 0 aromatic heterocycles. The van der Waals surface area contributed by atoms with Crippen molar-refractivity contribution in [2.24, 2.45) is 0 Å². The summed E-state index contributed by atoms with van der Waals surface area (Å²) in [5.74, 6) is -1.35. The molecule has 0 heterocycles. The maximum Gasteiger partial charge on any atom is 0.316 e. The zero-order chi connectivity index (χ0) is 11.8. The van der Waals surface area contributed by atoms with Crippen molar-refractivity contribution in [1.29, 1.82) is 0 Å². The molecule has 0 saturated heterocycles. The number of esters is 2. The standard InChI is InChI=1S/C8H11NO6/c1-14-7(10)4-3-6(9(12)13)5-8(11)15-2/h3H,4-5H2,1-2H3/b6-3-. The SMILES string of the molecule is COC(=O)C/C=C(/CC(=O)OC)[N+](=O)[O-]. The van der Waals surface area contributed by atoms with Crippen molar-refractivity contribution < 1.29 is 24.0 Å². The van der Waals surface area contributed by atoms with Crippen LogP contribution in [0.2, 0.25) is 0 Å². The van der Waals surface area contributed by atoms with Gasteiger partial charge in [0.05, 0.1) is 25.6 Å². The normalized spacial score (nSPS) is 10.7. The van der Waals surface area contributed by atoms with E-state index in [-0.39, 0.29) is 12.1 Å². The van der Waals surface area contributed by atoms with Gasteiger partial charge in [-0.1, -0.05) is 0 Å². The van der Waals surface area contributed by atoms with Gasteiger partial charge in [-0.25, -0.2) is 0 Å². The second-order valence-corrected chi connectivity index (χ2v) is 2.49. The molecule has 7 heteroatoms. The minimum atomic E-state index is -0.736. The summed E-state index contributed by atoms with van der Waals surface area (Å²) in [6.45, 7) is 0. The van der Waals surface area contributed by atoms with Crippen molar-refractivity contribution in [2.45, 2.75) is 12.8 Å². The molecule has 0 saturated carbocycles. The third-order valence-electron chi connectivity index (χ3n) is 1.52. The molecule has 0 rings (SSSR count). The second-order valence-electron chi connectivity index (χ2n) is 2.49. The number of carbonyl (C=O) groups excluding carboxylic acids is 2. The van der Waals surface area contributed by atoms with Gasteiger partial charge in [-0.05, 0) is 0 Å². The predicted molar refractivity (Wildman–Crippen MR) is 48.3 cm³/mol. The molecule has 0 fully saturated rings. The summed E-state index contributed by atoms with van der Waals surface area (Å²) < 4.78 is 8.55. The summed E-state index contributed by atoms with van der Waals surface area (Å²) in [6.07, 6.45) is 0.313. The minimum absolute atomic E-state index is 0.246. The number of hydrogen-bond donors (Lipinski definition) is 0. The summed E-state index contributed by atoms with van der Waals surface area (Å²) >= 11 is 0. The Balaban J connectivity index is 4.45. The van der Waals surface area contributed by atoms with Gasteiger partial charge in [0, 0.05) is 6.08 Å². The minimum Gasteiger partial charge on any atom is -0.469 e. The summed E-state index contributed by atoms with van der Waals surface area (Å²) in [4.78, 5) is 31.1. The molecular formula is C8H11NO6. The highest BCUT2D eigenvalue weighted by molar-refractivity contribution is 5.73. The molecule has 0 spiro atoms. The van der Waals surface area contributed by atoms with Crippen LogP contribution in [0, 0.1) is 10.1 Å². The van der Waals surface area contributed by atoms with Gasteiger partial charge in [-0.3, -0.25) is 19.7 Å². The third kappa shape index (κ3) is 5.40. The number of nitrogens with zero attached hydrogens (tertiary/aromatic N) is 1. The van der Waals surface area contributed by atoms with E-state index < -0.39 is 23.3 Å². The topological polar surface area (TPSA) is 95.7 Å². The molecule has 0 amide bonds. The Morgan fingerprint density at radius 1 is 1.27 bits per heavy atom. The molecule has 0 aromatic rings. The molecule has 0 aliphatic rings. The van der Waals surface area contributed by atoms with Gasteiger partial charge in [0.25, 0.3) is 5.70 Å². The summed E-state index contributed by atoms with van der Waals surface area (Å²) in [5.41, 5.74) is -0.382. The molecule has 0 N–H and O–H groups in total. The van der Waals surface area contributed by atoms with Gasteiger partial charge in [0.1, 0.15) is 6.42 Å². The van der Waals surface area contributed by atoms with E-state index in [1.54, 1.807) is 0 Å². The zero-order valence-electron chi connectivity index (χ0n) is 8.39. The monoisotopic (exact) mass is 217 g/mol. The van der Waals surface area contributed by atoms with E-state index in [0.29, 0.717) is 0 Å². The van der Waals surface area contributed by atoms with Crippen molar-refractivity contribution in [2.75, 3.05) is 14.2 Å². The van der Waals surface area contributed by atoms with Gasteiger partial charge in [-0.2, -0.15) is 0 Å². The quantitative estimate of drug-likeness (QED) is 0.372. The van der Waals surface area contributed by atoms with Crippen LogP contribution in [0.1, 0.15) is 12.8 Å². The highest BCUT2D eigenvalue weighted by atomic mass is 16.6. The summed E-state index contributed by atoms with van der Waals surface area (Å²) in [6, 6.07) is 0. The van der Waals surface area contributed by atoms with Gasteiger partial charge in [0.15, 0.2) is 0 Å². The molecule has 0 atom stereocenters. The van der Waals surface area contributed by atoms with Crippen LogP contribution in [0.3, 0.4) is 0 Å². The van der Waals surface area contributed by atoms with Crippen LogP contribution in [0.15, 0.2) is 11.8 Å². The summed E-state index contributed by atoms with van der Waals surface area (Å²) in [5, 5.41) is 10.4. The van der Waals surface area contributed by atoms with E-state index in [1.807, 2.05) is 0 Å². The lowest BCUT2D eigenvalue weighted by atomic mass is 10.2. The van der Waals surface area contributed by atoms with E-state index in [1.165, 1.54) is 7.11 Å². The molecule has 15 heavy (non-hydrogen) atoms. The van der Waals surface area contributed by atoms with Gasteiger partial charge >= 0.3 is 11.9 Å². The first-order valence-corrected chi connectivity index (χ1v) is 3.98. The molecule has 0 aliphatic carbocycles. The third-order valence-corrected chi connectivity index (χ3v) is 1.52. The lowest BCUT2D eigenvalue weighted by molar-refractivity contribution is -0.427. The zero-order valence-corrected chi connectivity index (χ0v) is 8.39. The predicted octanol–water partition coefficient (Wildman–Crippen LogP) is 0.273.